The fraction of sp³-hybridized carbons (Fsp3) is 0.643. The number of epoxide rings is 1. The van der Waals surface area contributed by atoms with Crippen LogP contribution in [0.4, 0.5) is 0 Å². The van der Waals surface area contributed by atoms with Gasteiger partial charge in [0.05, 0.1) is 17.4 Å². The van der Waals surface area contributed by atoms with E-state index in [9.17, 15) is 10.0 Å². The maximum Gasteiger partial charge on any atom is 0.338 e. The maximum atomic E-state index is 12.6. The summed E-state index contributed by atoms with van der Waals surface area (Å²) in [6, 6.07) is 9.33. The van der Waals surface area contributed by atoms with Crippen molar-refractivity contribution < 1.29 is 19.5 Å². The van der Waals surface area contributed by atoms with E-state index in [-0.39, 0.29) is 34.6 Å². The lowest BCUT2D eigenvalue weighted by atomic mass is 9.47. The van der Waals surface area contributed by atoms with E-state index in [0.29, 0.717) is 23.3 Å². The van der Waals surface area contributed by atoms with Gasteiger partial charge in [0.2, 0.25) is 0 Å². The van der Waals surface area contributed by atoms with E-state index < -0.39 is 0 Å². The quantitative estimate of drug-likeness (QED) is 0.159. The summed E-state index contributed by atoms with van der Waals surface area (Å²) in [5.74, 6) is 1.72. The van der Waals surface area contributed by atoms with Crippen LogP contribution in [0.2, 0.25) is 0 Å². The second-order valence-electron chi connectivity index (χ2n) is 11.6. The molecule has 1 heterocycles. The van der Waals surface area contributed by atoms with E-state index in [4.69, 9.17) is 9.47 Å². The summed E-state index contributed by atoms with van der Waals surface area (Å²) >= 11 is 0. The molecule has 3 saturated carbocycles. The average Bonchev–Trinajstić information content (AvgIpc) is 3.51. The van der Waals surface area contributed by atoms with E-state index in [0.717, 1.165) is 44.2 Å². The minimum Gasteiger partial charge on any atom is -0.458 e. The molecule has 33 heavy (non-hydrogen) atoms. The molecule has 5 aliphatic rings. The lowest BCUT2D eigenvalue weighted by Crippen LogP contribution is -2.54. The van der Waals surface area contributed by atoms with Crippen LogP contribution in [0.1, 0.15) is 76.1 Å². The highest BCUT2D eigenvalue weighted by atomic mass is 16.6. The predicted molar refractivity (Wildman–Crippen MR) is 125 cm³/mol. The number of benzene rings is 1. The summed E-state index contributed by atoms with van der Waals surface area (Å²) in [4.78, 5) is 12.6. The molecule has 176 valence electrons. The second-order valence-corrected chi connectivity index (χ2v) is 11.6. The third-order valence-electron chi connectivity index (χ3n) is 10.5. The summed E-state index contributed by atoms with van der Waals surface area (Å²) < 4.78 is 12.1. The van der Waals surface area contributed by atoms with Crippen molar-refractivity contribution >= 4 is 11.7 Å². The first-order valence-electron chi connectivity index (χ1n) is 12.7. The highest BCUT2D eigenvalue weighted by Gasteiger charge is 2.78. The van der Waals surface area contributed by atoms with Crippen LogP contribution in [0.3, 0.4) is 0 Å². The Morgan fingerprint density at radius 3 is 2.70 bits per heavy atom. The van der Waals surface area contributed by atoms with Crippen LogP contribution >= 0.6 is 0 Å². The minimum atomic E-state index is -0.342. The van der Waals surface area contributed by atoms with Gasteiger partial charge in [-0.2, -0.15) is 0 Å². The van der Waals surface area contributed by atoms with Crippen molar-refractivity contribution in [3.05, 3.63) is 47.5 Å². The van der Waals surface area contributed by atoms with Crippen molar-refractivity contribution in [3.8, 4) is 0 Å². The summed E-state index contributed by atoms with van der Waals surface area (Å²) in [7, 11) is 0. The molecular formula is C28H35NO4. The Bertz CT molecular complexity index is 1030. The molecule has 1 aromatic carbocycles. The number of ether oxygens (including phenoxy) is 2. The van der Waals surface area contributed by atoms with Crippen LogP contribution in [0.15, 0.2) is 47.1 Å². The SMILES string of the molecule is CC(=NO)C12OC1CC1C3CC=C4CC(OC(=O)c5ccccc5)CCC4(C)C3CCC12C. The minimum absolute atomic E-state index is 0.0263. The summed E-state index contributed by atoms with van der Waals surface area (Å²) in [6.07, 6.45) is 10.1. The molecule has 0 radical (unpaired) electrons. The molecular weight excluding hydrogens is 414 g/mol. The molecule has 4 fully saturated rings. The summed E-state index contributed by atoms with van der Waals surface area (Å²) in [6.45, 7) is 6.78. The van der Waals surface area contributed by atoms with Crippen LogP contribution in [0.25, 0.3) is 0 Å². The third kappa shape index (κ3) is 2.81. The molecule has 1 aromatic rings. The fourth-order valence-corrected chi connectivity index (χ4v) is 8.68. The number of rotatable bonds is 3. The predicted octanol–water partition coefficient (Wildman–Crippen LogP) is 5.77. The van der Waals surface area contributed by atoms with Crippen molar-refractivity contribution in [2.75, 3.05) is 0 Å². The Morgan fingerprint density at radius 2 is 1.94 bits per heavy atom. The third-order valence-corrected chi connectivity index (χ3v) is 10.5. The highest BCUT2D eigenvalue weighted by Crippen LogP contribution is 2.73. The molecule has 0 bridgehead atoms. The monoisotopic (exact) mass is 449 g/mol. The molecule has 8 atom stereocenters. The zero-order valence-corrected chi connectivity index (χ0v) is 19.9. The molecule has 0 aromatic heterocycles. The number of esters is 1. The standard InChI is InChI=1S/C28H35NO4/c1-17(29-31)28-24(33-28)16-23-21-10-9-19-15-20(32-25(30)18-7-5-4-6-8-18)11-13-26(19,2)22(21)12-14-27(23,28)3/h4-9,20-24,31H,10-16H2,1-3H3. The van der Waals surface area contributed by atoms with Gasteiger partial charge in [-0.1, -0.05) is 48.9 Å². The molecule has 8 unspecified atom stereocenters. The number of hydrogen-bond acceptors (Lipinski definition) is 5. The van der Waals surface area contributed by atoms with Crippen LogP contribution in [-0.4, -0.2) is 34.7 Å². The zero-order chi connectivity index (χ0) is 23.0. The molecule has 5 heteroatoms. The van der Waals surface area contributed by atoms with Crippen LogP contribution < -0.4 is 0 Å². The molecule has 1 aliphatic heterocycles. The smallest absolute Gasteiger partial charge is 0.338 e. The Morgan fingerprint density at radius 1 is 1.15 bits per heavy atom. The Hall–Kier alpha value is -2.14. The first kappa shape index (κ1) is 21.4. The average molecular weight is 450 g/mol. The van der Waals surface area contributed by atoms with Gasteiger partial charge < -0.3 is 14.7 Å². The van der Waals surface area contributed by atoms with Gasteiger partial charge in [-0.05, 0) is 80.8 Å². The molecule has 1 N–H and O–H groups in total. The largest absolute Gasteiger partial charge is 0.458 e. The molecule has 5 nitrogen and oxygen atoms in total. The highest BCUT2D eigenvalue weighted by molar-refractivity contribution is 5.95. The number of carbonyl (C=O) groups is 1. The number of fused-ring (bicyclic) bond motifs is 7. The summed E-state index contributed by atoms with van der Waals surface area (Å²) in [5.41, 5.74) is 2.81. The Labute approximate surface area is 196 Å². The topological polar surface area (TPSA) is 71.4 Å². The molecule has 1 saturated heterocycles. The second kappa shape index (κ2) is 7.18. The lowest BCUT2D eigenvalue weighted by Gasteiger charge is -2.58. The number of allylic oxidation sites excluding steroid dienone is 1. The molecule has 6 rings (SSSR count). The molecule has 0 spiro atoms. The van der Waals surface area contributed by atoms with Crippen molar-refractivity contribution in [2.24, 2.45) is 33.7 Å². The van der Waals surface area contributed by atoms with Gasteiger partial charge in [0.25, 0.3) is 0 Å². The van der Waals surface area contributed by atoms with E-state index in [2.05, 4.69) is 25.1 Å². The van der Waals surface area contributed by atoms with E-state index in [1.165, 1.54) is 12.0 Å². The summed E-state index contributed by atoms with van der Waals surface area (Å²) in [5, 5.41) is 13.1. The van der Waals surface area contributed by atoms with Crippen molar-refractivity contribution in [3.63, 3.8) is 0 Å². The zero-order valence-electron chi connectivity index (χ0n) is 19.9. The molecule has 4 aliphatic carbocycles. The fourth-order valence-electron chi connectivity index (χ4n) is 8.68. The van der Waals surface area contributed by atoms with Gasteiger partial charge in [0.1, 0.15) is 11.7 Å². The van der Waals surface area contributed by atoms with E-state index >= 15 is 0 Å². The Balaban J connectivity index is 1.21. The lowest BCUT2D eigenvalue weighted by molar-refractivity contribution is -0.0719. The van der Waals surface area contributed by atoms with Gasteiger partial charge in [-0.3, -0.25) is 0 Å². The maximum absolute atomic E-state index is 12.6. The first-order chi connectivity index (χ1) is 15.8. The Kier molecular flexibility index (Phi) is 4.65. The van der Waals surface area contributed by atoms with Gasteiger partial charge in [-0.15, -0.1) is 0 Å². The van der Waals surface area contributed by atoms with Gasteiger partial charge in [-0.25, -0.2) is 4.79 Å². The van der Waals surface area contributed by atoms with E-state index in [1.807, 2.05) is 37.3 Å². The van der Waals surface area contributed by atoms with E-state index in [1.54, 1.807) is 0 Å². The normalized spacial score (nSPS) is 45.7. The van der Waals surface area contributed by atoms with Crippen LogP contribution in [0.5, 0.6) is 0 Å². The van der Waals surface area contributed by atoms with Crippen molar-refractivity contribution in [1.82, 2.24) is 0 Å². The van der Waals surface area contributed by atoms with Gasteiger partial charge in [0, 0.05) is 11.8 Å². The molecule has 0 amide bonds. The van der Waals surface area contributed by atoms with Gasteiger partial charge >= 0.3 is 5.97 Å². The van der Waals surface area contributed by atoms with Crippen molar-refractivity contribution in [2.45, 2.75) is 83.5 Å². The van der Waals surface area contributed by atoms with Crippen LogP contribution in [-0.2, 0) is 9.47 Å². The number of hydrogen-bond donors (Lipinski definition) is 1. The van der Waals surface area contributed by atoms with Crippen LogP contribution in [0, 0.1) is 28.6 Å². The van der Waals surface area contributed by atoms with Crippen molar-refractivity contribution in [1.29, 1.82) is 0 Å². The first-order valence-corrected chi connectivity index (χ1v) is 12.7. The number of oxime groups is 1. The number of carbonyl (C=O) groups excluding carboxylic acids is 1. The van der Waals surface area contributed by atoms with Gasteiger partial charge in [0.15, 0.2) is 0 Å². The number of nitrogens with zero attached hydrogens (tertiary/aromatic N) is 1.